The second-order valence-corrected chi connectivity index (χ2v) is 30.9. The summed E-state index contributed by atoms with van der Waals surface area (Å²) in [5.41, 5.74) is 5.08. The zero-order valence-electron chi connectivity index (χ0n) is 44.8. The standard InChI is InChI=1S/C22H36O2.C22H34.C21H34/c1-15-14-23-22(24-15)12-11-21(3)16(13-22)6-7-17-18-5-4-9-20(18,2)10-8-19(17)21;1-21-13-4-2-6-16(21)8-10-18-19(21)12-15-22-14-5-3-7-17(22)9-11-20(18)22;1-19-8-3-4-17(19)16-6-5-15-14-21(12-13-21)11-10-20(15,2)18(16)7-9-19/h15-19H,4-14H2,1-3H3;3,7,16-20H,2,4-6,8-15H2,1H3;15-18H,3-14H2,1-2H3/t15-,16+,17?,18?,19?,20+,21+,22+;16-,17+,18?,19?,20?,21+,22-;15-,16?,17?,18?,19-,20-/m110/s1. The zero-order valence-corrected chi connectivity index (χ0v) is 44.8. The first-order valence-electron chi connectivity index (χ1n) is 31.2. The highest BCUT2D eigenvalue weighted by atomic mass is 16.7. The highest BCUT2D eigenvalue weighted by molar-refractivity contribution is 5.17. The van der Waals surface area contributed by atoms with Crippen molar-refractivity contribution in [3.05, 3.63) is 12.2 Å². The van der Waals surface area contributed by atoms with Crippen LogP contribution >= 0.6 is 0 Å². The van der Waals surface area contributed by atoms with E-state index in [1.165, 1.54) is 96.3 Å². The monoisotopic (exact) mass is 917 g/mol. The molecule has 3 spiro atoms. The van der Waals surface area contributed by atoms with Gasteiger partial charge in [0, 0.05) is 12.8 Å². The lowest BCUT2D eigenvalue weighted by molar-refractivity contribution is -0.234. The minimum Gasteiger partial charge on any atom is -0.347 e. The molecule has 67 heavy (non-hydrogen) atoms. The quantitative estimate of drug-likeness (QED) is 0.225. The Morgan fingerprint density at radius 3 is 1.64 bits per heavy atom. The number of hydrogen-bond acceptors (Lipinski definition) is 2. The summed E-state index contributed by atoms with van der Waals surface area (Å²) in [4.78, 5) is 0. The van der Waals surface area contributed by atoms with Crippen molar-refractivity contribution >= 4 is 0 Å². The summed E-state index contributed by atoms with van der Waals surface area (Å²) in [6, 6.07) is 0. The highest BCUT2D eigenvalue weighted by Gasteiger charge is 2.64. The molecule has 1 aliphatic heterocycles. The van der Waals surface area contributed by atoms with Gasteiger partial charge < -0.3 is 9.47 Å². The minimum absolute atomic E-state index is 0.215. The van der Waals surface area contributed by atoms with Crippen LogP contribution in [0, 0.1) is 115 Å². The summed E-state index contributed by atoms with van der Waals surface area (Å²) in [7, 11) is 0. The Morgan fingerprint density at radius 1 is 0.418 bits per heavy atom. The first-order chi connectivity index (χ1) is 32.2. The van der Waals surface area contributed by atoms with Gasteiger partial charge in [-0.3, -0.25) is 0 Å². The second kappa shape index (κ2) is 16.6. The Bertz CT molecular complexity index is 1860. The molecule has 9 unspecified atom stereocenters. The van der Waals surface area contributed by atoms with E-state index < -0.39 is 0 Å². The van der Waals surface area contributed by atoms with Crippen LogP contribution in [0.15, 0.2) is 12.2 Å². The van der Waals surface area contributed by atoms with E-state index in [0.29, 0.717) is 16.9 Å². The zero-order chi connectivity index (χ0) is 45.7. The van der Waals surface area contributed by atoms with Gasteiger partial charge in [-0.1, -0.05) is 72.5 Å². The SMILES string of the molecule is C[C@@H]1CO[C@@]2(CC[C@]3(C)C4CC[C@]5(C)CCCC5C4CC[C@H]3C2)O1.C[C@@]12CCCC1C1CC[C@H]3CC4(CC4)CC[C@]3(C)C1CC2.C[C@]12CCCC[C@@H]1CCC1C3CC[C@@H]4C=CCC[C@]34CCC12. The third-order valence-electron chi connectivity index (χ3n) is 28.6. The number of allylic oxidation sites excluding steroid dienone is 2. The fraction of sp³-hybridized carbons (Fsp3) is 0.969. The van der Waals surface area contributed by atoms with E-state index in [2.05, 4.69) is 53.7 Å². The molecule has 15 aliphatic rings. The van der Waals surface area contributed by atoms with E-state index in [0.717, 1.165) is 117 Å². The molecular weight excluding hydrogens is 813 g/mol. The van der Waals surface area contributed by atoms with Crippen LogP contribution in [-0.4, -0.2) is 18.5 Å². The molecule has 0 aromatic rings. The number of ether oxygens (including phenoxy) is 2. The lowest BCUT2D eigenvalue weighted by Gasteiger charge is -2.61. The van der Waals surface area contributed by atoms with Crippen LogP contribution in [-0.2, 0) is 9.47 Å². The van der Waals surface area contributed by atoms with E-state index in [1.54, 1.807) is 116 Å². The molecular formula is C65H104O2. The molecule has 0 radical (unpaired) electrons. The Morgan fingerprint density at radius 2 is 1.00 bits per heavy atom. The van der Waals surface area contributed by atoms with Crippen molar-refractivity contribution in [3.8, 4) is 0 Å². The molecule has 0 amide bonds. The Hall–Kier alpha value is -0.340. The van der Waals surface area contributed by atoms with Gasteiger partial charge in [-0.25, -0.2) is 0 Å². The molecule has 14 fully saturated rings. The predicted octanol–water partition coefficient (Wildman–Crippen LogP) is 18.1. The topological polar surface area (TPSA) is 18.5 Å². The molecule has 0 aromatic carbocycles. The van der Waals surface area contributed by atoms with Crippen molar-refractivity contribution in [1.29, 1.82) is 0 Å². The van der Waals surface area contributed by atoms with E-state index in [4.69, 9.17) is 9.47 Å². The third-order valence-corrected chi connectivity index (χ3v) is 28.6. The second-order valence-electron chi connectivity index (χ2n) is 30.9. The first kappa shape index (κ1) is 46.4. The molecule has 0 N–H and O–H groups in total. The first-order valence-corrected chi connectivity index (χ1v) is 31.2. The molecule has 376 valence electrons. The van der Waals surface area contributed by atoms with Crippen molar-refractivity contribution in [2.75, 3.05) is 6.61 Å². The van der Waals surface area contributed by atoms with E-state index in [9.17, 15) is 0 Å². The van der Waals surface area contributed by atoms with Gasteiger partial charge in [0.05, 0.1) is 12.7 Å². The minimum atomic E-state index is -0.215. The van der Waals surface area contributed by atoms with Crippen molar-refractivity contribution in [2.45, 2.75) is 272 Å². The van der Waals surface area contributed by atoms with Crippen LogP contribution in [0.2, 0.25) is 0 Å². The normalized spacial score (nSPS) is 58.1. The van der Waals surface area contributed by atoms with E-state index in [1.807, 2.05) is 0 Å². The highest BCUT2D eigenvalue weighted by Crippen LogP contribution is 2.73. The fourth-order valence-corrected chi connectivity index (χ4v) is 24.7. The largest absolute Gasteiger partial charge is 0.347 e. The average molecular weight is 918 g/mol. The third kappa shape index (κ3) is 7.24. The van der Waals surface area contributed by atoms with Gasteiger partial charge >= 0.3 is 0 Å². The molecule has 0 bridgehead atoms. The van der Waals surface area contributed by atoms with Crippen molar-refractivity contribution in [3.63, 3.8) is 0 Å². The van der Waals surface area contributed by atoms with Gasteiger partial charge in [0.2, 0.25) is 0 Å². The molecule has 0 aromatic heterocycles. The van der Waals surface area contributed by atoms with Crippen molar-refractivity contribution < 1.29 is 9.47 Å². The Kier molecular flexibility index (Phi) is 11.5. The van der Waals surface area contributed by atoms with E-state index >= 15 is 0 Å². The Balaban J connectivity index is 0.000000100. The summed E-state index contributed by atoms with van der Waals surface area (Å²) in [6.07, 6.45) is 56.9. The van der Waals surface area contributed by atoms with Crippen LogP contribution < -0.4 is 0 Å². The molecule has 2 nitrogen and oxygen atoms in total. The average Bonchev–Trinajstić information content (AvgIpc) is 3.66. The molecule has 14 aliphatic carbocycles. The number of fused-ring (bicyclic) bond motifs is 14. The molecule has 1 heterocycles. The van der Waals surface area contributed by atoms with Gasteiger partial charge in [-0.2, -0.15) is 0 Å². The molecule has 1 saturated heterocycles. The van der Waals surface area contributed by atoms with Gasteiger partial charge in [-0.05, 0) is 302 Å². The van der Waals surface area contributed by atoms with Gasteiger partial charge in [0.1, 0.15) is 0 Å². The predicted molar refractivity (Wildman–Crippen MR) is 276 cm³/mol. The maximum Gasteiger partial charge on any atom is 0.169 e. The summed E-state index contributed by atoms with van der Waals surface area (Å²) in [5.74, 6) is 13.4. The Labute approximate surface area is 413 Å². The van der Waals surface area contributed by atoms with Gasteiger partial charge in [0.25, 0.3) is 0 Å². The smallest absolute Gasteiger partial charge is 0.169 e. The number of rotatable bonds is 0. The lowest BCUT2D eigenvalue weighted by Crippen LogP contribution is -2.55. The van der Waals surface area contributed by atoms with Gasteiger partial charge in [0.15, 0.2) is 5.79 Å². The molecule has 21 atom stereocenters. The fourth-order valence-electron chi connectivity index (χ4n) is 24.7. The maximum atomic E-state index is 6.28. The molecule has 13 saturated carbocycles. The molecule has 15 rings (SSSR count). The van der Waals surface area contributed by atoms with E-state index in [-0.39, 0.29) is 5.79 Å². The maximum absolute atomic E-state index is 6.28. The van der Waals surface area contributed by atoms with Crippen LogP contribution in [0.4, 0.5) is 0 Å². The lowest BCUT2D eigenvalue weighted by atomic mass is 9.44. The van der Waals surface area contributed by atoms with Crippen molar-refractivity contribution in [1.82, 2.24) is 0 Å². The summed E-state index contributed by atoms with van der Waals surface area (Å²) >= 11 is 0. The van der Waals surface area contributed by atoms with Crippen LogP contribution in [0.1, 0.15) is 260 Å². The van der Waals surface area contributed by atoms with Gasteiger partial charge in [-0.15, -0.1) is 0 Å². The molecule has 2 heteroatoms. The summed E-state index contributed by atoms with van der Waals surface area (Å²) < 4.78 is 12.5. The number of hydrogen-bond donors (Lipinski definition) is 0. The van der Waals surface area contributed by atoms with Crippen LogP contribution in [0.5, 0.6) is 0 Å². The summed E-state index contributed by atoms with van der Waals surface area (Å²) in [6.45, 7) is 16.3. The van der Waals surface area contributed by atoms with Crippen LogP contribution in [0.3, 0.4) is 0 Å². The van der Waals surface area contributed by atoms with Crippen molar-refractivity contribution in [2.24, 2.45) is 115 Å². The van der Waals surface area contributed by atoms with Crippen LogP contribution in [0.25, 0.3) is 0 Å². The summed E-state index contributed by atoms with van der Waals surface area (Å²) in [5, 5.41) is 0.